The number of hydrogen-bond acceptors (Lipinski definition) is 5. The van der Waals surface area contributed by atoms with Gasteiger partial charge in [0.05, 0.1) is 17.8 Å². The van der Waals surface area contributed by atoms with Crippen molar-refractivity contribution in [2.45, 2.75) is 19.8 Å². The number of carbonyl (C=O) groups excluding carboxylic acids is 2. The third-order valence-electron chi connectivity index (χ3n) is 4.90. The van der Waals surface area contributed by atoms with Crippen molar-refractivity contribution < 1.29 is 9.59 Å². The molecule has 3 heterocycles. The van der Waals surface area contributed by atoms with E-state index in [2.05, 4.69) is 20.4 Å². The van der Waals surface area contributed by atoms with Crippen LogP contribution < -0.4 is 5.32 Å². The van der Waals surface area contributed by atoms with E-state index in [0.29, 0.717) is 32.5 Å². The smallest absolute Gasteiger partial charge is 0.319 e. The highest BCUT2D eigenvalue weighted by molar-refractivity contribution is 5.81. The van der Waals surface area contributed by atoms with Crippen molar-refractivity contribution in [2.75, 3.05) is 33.7 Å². The van der Waals surface area contributed by atoms with E-state index >= 15 is 0 Å². The molecular formula is C19H27N7O2. The molecule has 0 spiro atoms. The van der Waals surface area contributed by atoms with E-state index in [-0.39, 0.29) is 17.9 Å². The first kappa shape index (κ1) is 19.8. The Balaban J connectivity index is 2.01. The zero-order valence-electron chi connectivity index (χ0n) is 16.8. The lowest BCUT2D eigenvalue weighted by Crippen LogP contribution is -2.47. The molecule has 1 atom stereocenters. The van der Waals surface area contributed by atoms with Gasteiger partial charge >= 0.3 is 6.03 Å². The van der Waals surface area contributed by atoms with Gasteiger partial charge in [-0.05, 0) is 13.3 Å². The lowest BCUT2D eigenvalue weighted by molar-refractivity contribution is -0.125. The molecule has 0 fully saturated rings. The van der Waals surface area contributed by atoms with E-state index in [1.165, 1.54) is 0 Å². The van der Waals surface area contributed by atoms with Gasteiger partial charge in [0, 0.05) is 70.2 Å². The van der Waals surface area contributed by atoms with Crippen LogP contribution in [0.4, 0.5) is 4.79 Å². The van der Waals surface area contributed by atoms with Crippen molar-refractivity contribution in [3.63, 3.8) is 0 Å². The summed E-state index contributed by atoms with van der Waals surface area (Å²) in [5.74, 6) is -0.433. The number of aromatic nitrogens is 4. The molecule has 0 bridgehead atoms. The second-order valence-electron chi connectivity index (χ2n) is 7.22. The molecule has 9 heteroatoms. The minimum Gasteiger partial charge on any atom is -0.356 e. The fraction of sp³-hybridized carbons (Fsp3) is 0.526. The molecule has 3 rings (SSSR count). The maximum Gasteiger partial charge on any atom is 0.319 e. The van der Waals surface area contributed by atoms with Crippen molar-refractivity contribution in [2.24, 2.45) is 13.0 Å². The predicted molar refractivity (Wildman–Crippen MR) is 104 cm³/mol. The first-order valence-corrected chi connectivity index (χ1v) is 9.46. The molecule has 150 valence electrons. The van der Waals surface area contributed by atoms with Crippen LogP contribution in [-0.4, -0.2) is 75.2 Å². The highest BCUT2D eigenvalue weighted by Crippen LogP contribution is 2.27. The van der Waals surface area contributed by atoms with Crippen LogP contribution in [0.3, 0.4) is 0 Å². The van der Waals surface area contributed by atoms with E-state index < -0.39 is 0 Å². The number of rotatable bonds is 3. The predicted octanol–water partition coefficient (Wildman–Crippen LogP) is 0.712. The number of carbonyl (C=O) groups is 2. The summed E-state index contributed by atoms with van der Waals surface area (Å²) in [5, 5.41) is 7.14. The maximum absolute atomic E-state index is 12.7. The number of nitrogens with zero attached hydrogens (tertiary/aromatic N) is 6. The second kappa shape index (κ2) is 8.37. The van der Waals surface area contributed by atoms with Crippen LogP contribution in [0.25, 0.3) is 11.3 Å². The largest absolute Gasteiger partial charge is 0.356 e. The quantitative estimate of drug-likeness (QED) is 0.840. The number of aryl methyl sites for hydroxylation is 1. The topological polar surface area (TPSA) is 96.3 Å². The average molecular weight is 385 g/mol. The molecule has 1 unspecified atom stereocenters. The van der Waals surface area contributed by atoms with Gasteiger partial charge in [-0.3, -0.25) is 9.48 Å². The van der Waals surface area contributed by atoms with Gasteiger partial charge in [-0.1, -0.05) is 0 Å². The van der Waals surface area contributed by atoms with Gasteiger partial charge in [-0.2, -0.15) is 5.10 Å². The highest BCUT2D eigenvalue weighted by atomic mass is 16.2. The minimum absolute atomic E-state index is 0.0621. The third kappa shape index (κ3) is 4.13. The van der Waals surface area contributed by atoms with Gasteiger partial charge in [0.1, 0.15) is 6.33 Å². The van der Waals surface area contributed by atoms with Crippen LogP contribution in [0.5, 0.6) is 0 Å². The number of fused-ring (bicyclic) bond motifs is 1. The Kier molecular flexibility index (Phi) is 5.91. The Morgan fingerprint density at radius 1 is 1.32 bits per heavy atom. The van der Waals surface area contributed by atoms with E-state index in [1.807, 2.05) is 20.2 Å². The van der Waals surface area contributed by atoms with Crippen molar-refractivity contribution in [1.29, 1.82) is 0 Å². The molecule has 0 aliphatic carbocycles. The van der Waals surface area contributed by atoms with Crippen molar-refractivity contribution in [3.8, 4) is 11.3 Å². The lowest BCUT2D eigenvalue weighted by Gasteiger charge is -2.32. The molecule has 1 aliphatic heterocycles. The lowest BCUT2D eigenvalue weighted by atomic mass is 9.91. The number of urea groups is 1. The Morgan fingerprint density at radius 3 is 2.75 bits per heavy atom. The van der Waals surface area contributed by atoms with Crippen LogP contribution >= 0.6 is 0 Å². The van der Waals surface area contributed by atoms with E-state index in [0.717, 1.165) is 22.5 Å². The molecule has 3 amide bonds. The summed E-state index contributed by atoms with van der Waals surface area (Å²) in [5.41, 5.74) is 3.54. The van der Waals surface area contributed by atoms with Crippen LogP contribution in [-0.2, 0) is 24.7 Å². The number of nitrogens with one attached hydrogen (secondary N) is 1. The average Bonchev–Trinajstić information content (AvgIpc) is 3.07. The van der Waals surface area contributed by atoms with Gasteiger partial charge in [0.15, 0.2) is 0 Å². The van der Waals surface area contributed by atoms with E-state index in [1.54, 1.807) is 41.1 Å². The van der Waals surface area contributed by atoms with E-state index in [9.17, 15) is 9.59 Å². The van der Waals surface area contributed by atoms with Gasteiger partial charge < -0.3 is 15.1 Å². The van der Waals surface area contributed by atoms with Crippen molar-refractivity contribution >= 4 is 11.9 Å². The minimum atomic E-state index is -0.371. The van der Waals surface area contributed by atoms with Gasteiger partial charge in [0.25, 0.3) is 0 Å². The molecule has 2 aromatic heterocycles. The molecule has 1 aliphatic rings. The van der Waals surface area contributed by atoms with Gasteiger partial charge in [-0.15, -0.1) is 0 Å². The van der Waals surface area contributed by atoms with E-state index in [4.69, 9.17) is 0 Å². The Morgan fingerprint density at radius 2 is 2.11 bits per heavy atom. The van der Waals surface area contributed by atoms with Crippen LogP contribution in [0.15, 0.2) is 18.7 Å². The molecule has 1 N–H and O–H groups in total. The summed E-state index contributed by atoms with van der Waals surface area (Å²) < 4.78 is 1.73. The number of amides is 3. The molecule has 0 saturated heterocycles. The molecule has 0 saturated carbocycles. The zero-order valence-corrected chi connectivity index (χ0v) is 16.8. The number of hydrogen-bond donors (Lipinski definition) is 1. The molecule has 9 nitrogen and oxygen atoms in total. The van der Waals surface area contributed by atoms with Crippen molar-refractivity contribution in [1.82, 2.24) is 34.9 Å². The summed E-state index contributed by atoms with van der Waals surface area (Å²) in [6.45, 7) is 3.30. The molecule has 2 aromatic rings. The van der Waals surface area contributed by atoms with Crippen molar-refractivity contribution in [3.05, 3.63) is 30.0 Å². The summed E-state index contributed by atoms with van der Waals surface area (Å²) in [4.78, 5) is 37.5. The summed E-state index contributed by atoms with van der Waals surface area (Å²) in [7, 11) is 5.30. The summed E-state index contributed by atoms with van der Waals surface area (Å²) in [6, 6.07) is -0.0979. The normalized spacial score (nSPS) is 16.7. The summed E-state index contributed by atoms with van der Waals surface area (Å²) in [6.07, 6.45) is 6.31. The zero-order chi connectivity index (χ0) is 20.3. The van der Waals surface area contributed by atoms with Gasteiger partial charge in [-0.25, -0.2) is 14.8 Å². The SMILES string of the molecule is CCNC(=O)C1Cc2c(ncnc2-c2cnn(C)c2)CCN(C(=O)N(C)C)C1. The Labute approximate surface area is 164 Å². The monoisotopic (exact) mass is 385 g/mol. The van der Waals surface area contributed by atoms with Crippen LogP contribution in [0, 0.1) is 5.92 Å². The van der Waals surface area contributed by atoms with Crippen LogP contribution in [0.2, 0.25) is 0 Å². The maximum atomic E-state index is 12.7. The van der Waals surface area contributed by atoms with Crippen LogP contribution in [0.1, 0.15) is 18.2 Å². The molecular weight excluding hydrogens is 358 g/mol. The Bertz CT molecular complexity index is 862. The molecule has 0 radical (unpaired) electrons. The molecule has 28 heavy (non-hydrogen) atoms. The summed E-state index contributed by atoms with van der Waals surface area (Å²) >= 11 is 0. The first-order valence-electron chi connectivity index (χ1n) is 9.46. The fourth-order valence-electron chi connectivity index (χ4n) is 3.53. The Hall–Kier alpha value is -2.97. The highest BCUT2D eigenvalue weighted by Gasteiger charge is 2.30. The standard InChI is InChI=1S/C19H27N7O2/c1-5-20-18(27)13-8-15-16(6-7-26(11-13)19(28)24(2)3)21-12-22-17(15)14-9-23-25(4)10-14/h9-10,12-13H,5-8,11H2,1-4H3,(H,20,27). The first-order chi connectivity index (χ1) is 13.4. The van der Waals surface area contributed by atoms with Gasteiger partial charge in [0.2, 0.25) is 5.91 Å². The molecule has 0 aromatic carbocycles. The fourth-order valence-corrected chi connectivity index (χ4v) is 3.53. The third-order valence-corrected chi connectivity index (χ3v) is 4.90. The second-order valence-corrected chi connectivity index (χ2v) is 7.22.